The summed E-state index contributed by atoms with van der Waals surface area (Å²) in [6, 6.07) is 19.8. The number of halogens is 2. The van der Waals surface area contributed by atoms with Gasteiger partial charge in [-0.25, -0.2) is 0 Å². The van der Waals surface area contributed by atoms with Crippen molar-refractivity contribution in [2.45, 2.75) is 34.1 Å². The molecule has 0 unspecified atom stereocenters. The number of rotatable bonds is 2. The van der Waals surface area contributed by atoms with Gasteiger partial charge in [-0.3, -0.25) is 0 Å². The van der Waals surface area contributed by atoms with E-state index in [9.17, 15) is 0 Å². The van der Waals surface area contributed by atoms with E-state index in [-0.39, 0.29) is 51.0 Å². The van der Waals surface area contributed by atoms with Crippen molar-refractivity contribution in [1.82, 2.24) is 0 Å². The van der Waals surface area contributed by atoms with Crippen LogP contribution in [0.25, 0.3) is 22.8 Å². The number of allylic oxidation sites excluding steroid dienone is 4. The average Bonchev–Trinajstić information content (AvgIpc) is 3.33. The van der Waals surface area contributed by atoms with Crippen LogP contribution in [0.1, 0.15) is 48.1 Å². The van der Waals surface area contributed by atoms with Gasteiger partial charge in [-0.2, -0.15) is 0 Å². The quantitative estimate of drug-likeness (QED) is 0.309. The Morgan fingerprint density at radius 1 is 0.844 bits per heavy atom. The number of hydrogen-bond acceptors (Lipinski definition) is 0. The summed E-state index contributed by atoms with van der Waals surface area (Å²) in [7, 11) is 0. The second-order valence-corrected chi connectivity index (χ2v) is 8.33. The zero-order valence-corrected chi connectivity index (χ0v) is 22.8. The smallest absolute Gasteiger partial charge is 1.00 e. The first kappa shape index (κ1) is 26.6. The first-order chi connectivity index (χ1) is 14.1. The topological polar surface area (TPSA) is 0 Å². The molecule has 2 aliphatic rings. The van der Waals surface area contributed by atoms with Crippen molar-refractivity contribution in [3.8, 4) is 0 Å². The van der Waals surface area contributed by atoms with Crippen LogP contribution in [-0.2, 0) is 26.2 Å². The predicted octanol–water partition coefficient (Wildman–Crippen LogP) is -0.324. The maximum Gasteiger partial charge on any atom is 3.00 e. The summed E-state index contributed by atoms with van der Waals surface area (Å²) in [6.07, 6.45) is 9.33. The molecule has 0 fully saturated rings. The summed E-state index contributed by atoms with van der Waals surface area (Å²) in [6.45, 7) is 8.87. The minimum Gasteiger partial charge on any atom is -1.00 e. The van der Waals surface area contributed by atoms with Crippen molar-refractivity contribution in [3.63, 3.8) is 0 Å². The molecule has 0 nitrogen and oxygen atoms in total. The number of benzene rings is 3. The van der Waals surface area contributed by atoms with Crippen LogP contribution >= 0.6 is 0 Å². The summed E-state index contributed by atoms with van der Waals surface area (Å²) in [5, 5.41) is 5.14. The van der Waals surface area contributed by atoms with Crippen molar-refractivity contribution in [3.05, 3.63) is 115 Å². The zero-order chi connectivity index (χ0) is 20.1. The van der Waals surface area contributed by atoms with Gasteiger partial charge in [0, 0.05) is 0 Å². The molecule has 0 amide bonds. The van der Waals surface area contributed by atoms with Gasteiger partial charge >= 0.3 is 26.2 Å². The van der Waals surface area contributed by atoms with Crippen LogP contribution in [0.3, 0.4) is 0 Å². The van der Waals surface area contributed by atoms with E-state index in [1.165, 1.54) is 65.4 Å². The van der Waals surface area contributed by atoms with Gasteiger partial charge in [0.05, 0.1) is 0 Å². The van der Waals surface area contributed by atoms with Crippen molar-refractivity contribution >= 4 is 22.8 Å². The molecule has 5 rings (SSSR count). The van der Waals surface area contributed by atoms with Gasteiger partial charge in [0.15, 0.2) is 0 Å². The third kappa shape index (κ3) is 4.28. The molecule has 0 saturated carbocycles. The standard InChI is InChI=1S/C29H25.2ClH.Zr/c1-18(2)22-15-16-26-24-11-6-5-10-21(24)17-28(26)29(22)27-14-8-13-25(27)23-12-7-9-19(3)20(23)4;;;/h5-13,15-16H,14H2,1-4H3;2*1H;/q-1;;;+3/p-2. The van der Waals surface area contributed by atoms with Gasteiger partial charge in [-0.15, -0.1) is 33.4 Å². The number of fused-ring (bicyclic) bond motifs is 2. The molecular weight excluding hydrogens is 510 g/mol. The van der Waals surface area contributed by atoms with Crippen LogP contribution in [0, 0.1) is 24.3 Å². The van der Waals surface area contributed by atoms with Crippen molar-refractivity contribution in [2.24, 2.45) is 0 Å². The van der Waals surface area contributed by atoms with Gasteiger partial charge in [0.1, 0.15) is 0 Å². The second kappa shape index (κ2) is 10.5. The Bertz CT molecular complexity index is 1460. The minimum absolute atomic E-state index is 0. The second-order valence-electron chi connectivity index (χ2n) is 8.33. The molecule has 0 aromatic heterocycles. The molecule has 1 radical (unpaired) electrons. The van der Waals surface area contributed by atoms with E-state index in [0.717, 1.165) is 6.42 Å². The molecule has 0 atom stereocenters. The third-order valence-electron chi connectivity index (χ3n) is 6.35. The molecule has 0 saturated heterocycles. The monoisotopic (exact) mass is 533 g/mol. The van der Waals surface area contributed by atoms with Gasteiger partial charge in [0.2, 0.25) is 0 Å². The molecule has 0 N–H and O–H groups in total. The first-order valence-electron chi connectivity index (χ1n) is 10.4. The summed E-state index contributed by atoms with van der Waals surface area (Å²) in [4.78, 5) is 0. The first-order valence-corrected chi connectivity index (χ1v) is 10.4. The molecule has 2 aliphatic carbocycles. The fourth-order valence-electron chi connectivity index (χ4n) is 4.69. The molecule has 3 aromatic rings. The number of aryl methyl sites for hydroxylation is 1. The van der Waals surface area contributed by atoms with Crippen LogP contribution in [0.4, 0.5) is 0 Å². The zero-order valence-electron chi connectivity index (χ0n) is 18.8. The molecule has 0 aliphatic heterocycles. The van der Waals surface area contributed by atoms with Gasteiger partial charge in [-0.1, -0.05) is 82.6 Å². The molecule has 0 bridgehead atoms. The SMILES string of the molecule is CC(C)=c1ccc2c(c1C1=C(c3cccc(C)c3C)C=CC1)[C-]=c1ccccc1=2.[Cl-].[Cl-].[Zr+3]. The molecule has 0 spiro atoms. The third-order valence-corrected chi connectivity index (χ3v) is 6.35. The van der Waals surface area contributed by atoms with E-state index in [2.05, 4.69) is 101 Å². The van der Waals surface area contributed by atoms with Crippen LogP contribution in [0.15, 0.2) is 66.7 Å². The van der Waals surface area contributed by atoms with Crippen LogP contribution in [0.2, 0.25) is 0 Å². The number of hydrogen-bond donors (Lipinski definition) is 0. The van der Waals surface area contributed by atoms with E-state index in [0.29, 0.717) is 0 Å². The Balaban J connectivity index is 0.00000121. The Hall–Kier alpha value is -1.66. The predicted molar refractivity (Wildman–Crippen MR) is 124 cm³/mol. The van der Waals surface area contributed by atoms with Crippen LogP contribution in [-0.4, -0.2) is 0 Å². The van der Waals surface area contributed by atoms with Gasteiger partial charge in [-0.05, 0) is 56.4 Å². The van der Waals surface area contributed by atoms with Gasteiger partial charge < -0.3 is 24.8 Å². The molecule has 3 aromatic carbocycles. The molecule has 159 valence electrons. The largest absolute Gasteiger partial charge is 3.00 e. The molecule has 32 heavy (non-hydrogen) atoms. The van der Waals surface area contributed by atoms with Gasteiger partial charge in [0.25, 0.3) is 0 Å². The Labute approximate surface area is 222 Å². The van der Waals surface area contributed by atoms with Crippen molar-refractivity contribution < 1.29 is 51.0 Å². The fourth-order valence-corrected chi connectivity index (χ4v) is 4.69. The van der Waals surface area contributed by atoms with E-state index < -0.39 is 0 Å². The Morgan fingerprint density at radius 3 is 2.34 bits per heavy atom. The Kier molecular flexibility index (Phi) is 8.74. The summed E-state index contributed by atoms with van der Waals surface area (Å²) in [5.41, 5.74) is 10.8. The summed E-state index contributed by atoms with van der Waals surface area (Å²) >= 11 is 0. The van der Waals surface area contributed by atoms with E-state index in [4.69, 9.17) is 0 Å². The van der Waals surface area contributed by atoms with Crippen molar-refractivity contribution in [2.75, 3.05) is 0 Å². The van der Waals surface area contributed by atoms with E-state index in [1.807, 2.05) is 0 Å². The molecule has 3 heteroatoms. The van der Waals surface area contributed by atoms with Crippen molar-refractivity contribution in [1.29, 1.82) is 0 Å². The summed E-state index contributed by atoms with van der Waals surface area (Å²) in [5.74, 6) is 0. The minimum atomic E-state index is 0. The van der Waals surface area contributed by atoms with Crippen LogP contribution in [0.5, 0.6) is 0 Å². The fraction of sp³-hybridized carbons (Fsp3) is 0.172. The van der Waals surface area contributed by atoms with E-state index >= 15 is 0 Å². The average molecular weight is 536 g/mol. The van der Waals surface area contributed by atoms with E-state index in [1.54, 1.807) is 0 Å². The molecular formula is C29H25Cl2Zr. The summed E-state index contributed by atoms with van der Waals surface area (Å²) < 4.78 is 0. The normalized spacial score (nSPS) is 12.8. The Morgan fingerprint density at radius 2 is 1.59 bits per heavy atom. The molecule has 0 heterocycles. The maximum atomic E-state index is 3.74. The maximum absolute atomic E-state index is 3.74. The van der Waals surface area contributed by atoms with Crippen LogP contribution < -0.4 is 35.3 Å².